The molecule has 0 saturated carbocycles. The van der Waals surface area contributed by atoms with E-state index in [4.69, 9.17) is 9.72 Å². The van der Waals surface area contributed by atoms with E-state index in [1.54, 1.807) is 6.08 Å². The Labute approximate surface area is 194 Å². The van der Waals surface area contributed by atoms with Gasteiger partial charge < -0.3 is 4.74 Å². The number of carbonyl (C=O) groups is 1. The first-order chi connectivity index (χ1) is 16.6. The molecule has 0 aliphatic heterocycles. The first-order valence-electron chi connectivity index (χ1n) is 10.6. The van der Waals surface area contributed by atoms with Crippen molar-refractivity contribution in [2.24, 2.45) is 0 Å². The summed E-state index contributed by atoms with van der Waals surface area (Å²) in [5.41, 5.74) is 3.12. The molecule has 5 aromatic rings. The fraction of sp³-hybridized carbons (Fsp3) is 0. The fourth-order valence-corrected chi connectivity index (χ4v) is 3.67. The SMILES string of the molecule is O=C(Oc1ccc(F)cc1)/C(=C/c1nc2ccccc2n1-c1ccccc1)c1ccc(F)cc1. The van der Waals surface area contributed by atoms with Crippen molar-refractivity contribution in [1.82, 2.24) is 9.55 Å². The van der Waals surface area contributed by atoms with Gasteiger partial charge in [-0.3, -0.25) is 4.57 Å². The second-order valence-corrected chi connectivity index (χ2v) is 7.54. The van der Waals surface area contributed by atoms with Crippen LogP contribution in [0.3, 0.4) is 0 Å². The number of imidazole rings is 1. The van der Waals surface area contributed by atoms with Crippen molar-refractivity contribution in [1.29, 1.82) is 0 Å². The van der Waals surface area contributed by atoms with E-state index in [0.29, 0.717) is 11.4 Å². The van der Waals surface area contributed by atoms with Crippen molar-refractivity contribution in [2.75, 3.05) is 0 Å². The molecule has 5 rings (SSSR count). The minimum Gasteiger partial charge on any atom is -0.423 e. The molecular formula is C28H18F2N2O2. The average molecular weight is 452 g/mol. The van der Waals surface area contributed by atoms with Crippen LogP contribution < -0.4 is 4.74 Å². The molecule has 0 aliphatic rings. The highest BCUT2D eigenvalue weighted by Gasteiger charge is 2.19. The van der Waals surface area contributed by atoms with Crippen LogP contribution in [0.2, 0.25) is 0 Å². The molecular weight excluding hydrogens is 434 g/mol. The van der Waals surface area contributed by atoms with Crippen molar-refractivity contribution >= 4 is 28.7 Å². The molecule has 6 heteroatoms. The molecule has 1 aromatic heterocycles. The van der Waals surface area contributed by atoms with E-state index in [0.717, 1.165) is 16.7 Å². The number of hydrogen-bond donors (Lipinski definition) is 0. The summed E-state index contributed by atoms with van der Waals surface area (Å²) >= 11 is 0. The number of para-hydroxylation sites is 3. The Morgan fingerprint density at radius 2 is 1.38 bits per heavy atom. The highest BCUT2D eigenvalue weighted by molar-refractivity contribution is 6.22. The highest BCUT2D eigenvalue weighted by atomic mass is 19.1. The highest BCUT2D eigenvalue weighted by Crippen LogP contribution is 2.27. The van der Waals surface area contributed by atoms with Gasteiger partial charge in [0.25, 0.3) is 0 Å². The summed E-state index contributed by atoms with van der Waals surface area (Å²) in [6.45, 7) is 0. The maximum atomic E-state index is 13.6. The number of esters is 1. The minimum atomic E-state index is -0.676. The lowest BCUT2D eigenvalue weighted by atomic mass is 10.1. The van der Waals surface area contributed by atoms with Crippen LogP contribution in [0.15, 0.2) is 103 Å². The number of hydrogen-bond acceptors (Lipinski definition) is 3. The number of aromatic nitrogens is 2. The van der Waals surface area contributed by atoms with Crippen molar-refractivity contribution in [3.05, 3.63) is 126 Å². The van der Waals surface area contributed by atoms with Gasteiger partial charge in [0.1, 0.15) is 23.2 Å². The third kappa shape index (κ3) is 4.34. The smallest absolute Gasteiger partial charge is 0.344 e. The lowest BCUT2D eigenvalue weighted by Gasteiger charge is -2.11. The molecule has 0 amide bonds. The largest absolute Gasteiger partial charge is 0.423 e. The quantitative estimate of drug-likeness (QED) is 0.175. The molecule has 0 fully saturated rings. The number of halogens is 2. The Kier molecular flexibility index (Phi) is 5.70. The van der Waals surface area contributed by atoms with Gasteiger partial charge in [0.05, 0.1) is 16.6 Å². The standard InChI is InChI=1S/C28H18F2N2O2/c29-20-12-10-19(11-13-20)24(28(33)34-23-16-14-21(30)15-17-23)18-27-31-25-8-4-5-9-26(25)32(27)22-6-2-1-3-7-22/h1-18H/b24-18+. The van der Waals surface area contributed by atoms with Crippen molar-refractivity contribution in [3.8, 4) is 11.4 Å². The zero-order valence-corrected chi connectivity index (χ0v) is 17.9. The van der Waals surface area contributed by atoms with Crippen LogP contribution in [0.25, 0.3) is 28.4 Å². The Morgan fingerprint density at radius 1 is 0.765 bits per heavy atom. The number of nitrogens with zero attached hydrogens (tertiary/aromatic N) is 2. The topological polar surface area (TPSA) is 44.1 Å². The fourth-order valence-electron chi connectivity index (χ4n) is 3.67. The summed E-state index contributed by atoms with van der Waals surface area (Å²) < 4.78 is 34.3. The van der Waals surface area contributed by atoms with E-state index in [2.05, 4.69) is 0 Å². The van der Waals surface area contributed by atoms with Crippen LogP contribution in [0, 0.1) is 11.6 Å². The summed E-state index contributed by atoms with van der Waals surface area (Å²) in [6, 6.07) is 28.0. The summed E-state index contributed by atoms with van der Waals surface area (Å²) in [6.07, 6.45) is 1.62. The first-order valence-corrected chi connectivity index (χ1v) is 10.6. The zero-order chi connectivity index (χ0) is 23.5. The molecule has 0 radical (unpaired) electrons. The Balaban J connectivity index is 1.66. The molecule has 0 bridgehead atoms. The van der Waals surface area contributed by atoms with Gasteiger partial charge in [-0.15, -0.1) is 0 Å². The third-order valence-corrected chi connectivity index (χ3v) is 5.27. The maximum Gasteiger partial charge on any atom is 0.344 e. The van der Waals surface area contributed by atoms with Crippen LogP contribution in [0.5, 0.6) is 5.75 Å². The van der Waals surface area contributed by atoms with Gasteiger partial charge in [-0.05, 0) is 72.3 Å². The summed E-state index contributed by atoms with van der Waals surface area (Å²) in [4.78, 5) is 18.0. The van der Waals surface area contributed by atoms with E-state index < -0.39 is 17.6 Å². The number of ether oxygens (including phenoxy) is 1. The van der Waals surface area contributed by atoms with E-state index >= 15 is 0 Å². The number of carbonyl (C=O) groups excluding carboxylic acids is 1. The monoisotopic (exact) mass is 452 g/mol. The number of fused-ring (bicyclic) bond motifs is 1. The normalized spacial score (nSPS) is 11.5. The van der Waals surface area contributed by atoms with Crippen LogP contribution in [-0.4, -0.2) is 15.5 Å². The Hall–Kier alpha value is -4.58. The van der Waals surface area contributed by atoms with Gasteiger partial charge in [-0.2, -0.15) is 0 Å². The molecule has 0 aliphatic carbocycles. The lowest BCUT2D eigenvalue weighted by Crippen LogP contribution is -2.11. The predicted octanol–water partition coefficient (Wildman–Crippen LogP) is 6.45. The molecule has 4 aromatic carbocycles. The molecule has 0 unspecified atom stereocenters. The second kappa shape index (κ2) is 9.11. The van der Waals surface area contributed by atoms with E-state index in [1.165, 1.54) is 48.5 Å². The molecule has 1 heterocycles. The first kappa shape index (κ1) is 21.3. The third-order valence-electron chi connectivity index (χ3n) is 5.27. The van der Waals surface area contributed by atoms with E-state index in [-0.39, 0.29) is 11.3 Å². The Morgan fingerprint density at radius 3 is 2.09 bits per heavy atom. The van der Waals surface area contributed by atoms with E-state index in [1.807, 2.05) is 59.2 Å². The Bertz CT molecular complexity index is 1490. The second-order valence-electron chi connectivity index (χ2n) is 7.54. The maximum absolute atomic E-state index is 13.6. The molecule has 0 saturated heterocycles. The van der Waals surface area contributed by atoms with Gasteiger partial charge in [0.15, 0.2) is 0 Å². The molecule has 166 valence electrons. The minimum absolute atomic E-state index is 0.178. The lowest BCUT2D eigenvalue weighted by molar-refractivity contribution is -0.127. The zero-order valence-electron chi connectivity index (χ0n) is 17.9. The summed E-state index contributed by atoms with van der Waals surface area (Å²) in [7, 11) is 0. The van der Waals surface area contributed by atoms with Crippen molar-refractivity contribution in [3.63, 3.8) is 0 Å². The van der Waals surface area contributed by atoms with Crippen molar-refractivity contribution in [2.45, 2.75) is 0 Å². The summed E-state index contributed by atoms with van der Waals surface area (Å²) in [5, 5.41) is 0. The number of rotatable bonds is 5. The van der Waals surface area contributed by atoms with Crippen LogP contribution in [-0.2, 0) is 4.79 Å². The van der Waals surface area contributed by atoms with Gasteiger partial charge in [0.2, 0.25) is 0 Å². The van der Waals surface area contributed by atoms with Crippen molar-refractivity contribution < 1.29 is 18.3 Å². The summed E-state index contributed by atoms with van der Waals surface area (Å²) in [5.74, 6) is -0.846. The van der Waals surface area contributed by atoms with E-state index in [9.17, 15) is 13.6 Å². The van der Waals surface area contributed by atoms with Crippen LogP contribution in [0.4, 0.5) is 8.78 Å². The van der Waals surface area contributed by atoms with Gasteiger partial charge >= 0.3 is 5.97 Å². The number of benzene rings is 4. The van der Waals surface area contributed by atoms with Gasteiger partial charge in [-0.1, -0.05) is 42.5 Å². The van der Waals surface area contributed by atoms with Gasteiger partial charge in [-0.25, -0.2) is 18.6 Å². The molecule has 0 N–H and O–H groups in total. The molecule has 0 atom stereocenters. The molecule has 0 spiro atoms. The van der Waals surface area contributed by atoms with Crippen LogP contribution >= 0.6 is 0 Å². The average Bonchev–Trinajstić information content (AvgIpc) is 3.23. The predicted molar refractivity (Wildman–Crippen MR) is 127 cm³/mol. The molecule has 34 heavy (non-hydrogen) atoms. The molecule has 4 nitrogen and oxygen atoms in total. The van der Waals surface area contributed by atoms with Gasteiger partial charge in [0, 0.05) is 5.69 Å². The van der Waals surface area contributed by atoms with Crippen LogP contribution in [0.1, 0.15) is 11.4 Å².